The first-order chi connectivity index (χ1) is 12.2. The first-order valence-electron chi connectivity index (χ1n) is 8.64. The summed E-state index contributed by atoms with van der Waals surface area (Å²) in [6.45, 7) is 8.35. The molecule has 148 valence electrons. The van der Waals surface area contributed by atoms with E-state index in [1.165, 1.54) is 23.5 Å². The molecular formula is C19H25ClFN3O2S. The van der Waals surface area contributed by atoms with Crippen molar-refractivity contribution in [3.63, 3.8) is 0 Å². The predicted molar refractivity (Wildman–Crippen MR) is 109 cm³/mol. The summed E-state index contributed by atoms with van der Waals surface area (Å²) in [4.78, 5) is 18.3. The number of carbonyl (C=O) groups is 1. The van der Waals surface area contributed by atoms with Crippen molar-refractivity contribution in [2.24, 2.45) is 11.1 Å². The Morgan fingerprint density at radius 2 is 2.04 bits per heavy atom. The zero-order chi connectivity index (χ0) is 19.1. The van der Waals surface area contributed by atoms with Crippen LogP contribution in [0.4, 0.5) is 9.52 Å². The first-order valence-corrected chi connectivity index (χ1v) is 9.46. The average Bonchev–Trinajstić information content (AvgIpc) is 2.95. The van der Waals surface area contributed by atoms with Gasteiger partial charge in [-0.3, -0.25) is 4.79 Å². The number of nitrogens with zero attached hydrogens (tertiary/aromatic N) is 1. The second-order valence-electron chi connectivity index (χ2n) is 7.23. The third kappa shape index (κ3) is 3.74. The number of anilines is 1. The average molecular weight is 414 g/mol. The fraction of sp³-hybridized carbons (Fsp3) is 0.474. The Kier molecular flexibility index (Phi) is 6.31. The summed E-state index contributed by atoms with van der Waals surface area (Å²) < 4.78 is 18.8. The molecule has 0 bridgehead atoms. The predicted octanol–water partition coefficient (Wildman–Crippen LogP) is 4.15. The van der Waals surface area contributed by atoms with Gasteiger partial charge in [-0.05, 0) is 38.1 Å². The van der Waals surface area contributed by atoms with Gasteiger partial charge >= 0.3 is 0 Å². The van der Waals surface area contributed by atoms with E-state index in [2.05, 4.69) is 10.3 Å². The number of thiazole rings is 1. The van der Waals surface area contributed by atoms with Crippen LogP contribution in [0.1, 0.15) is 32.1 Å². The summed E-state index contributed by atoms with van der Waals surface area (Å²) >= 11 is 1.38. The molecule has 0 aliphatic heterocycles. The molecular weight excluding hydrogens is 389 g/mol. The minimum Gasteiger partial charge on any atom is -0.378 e. The Balaban J connectivity index is 0.00000261. The number of nitrogens with two attached hydrogens (primary N) is 1. The van der Waals surface area contributed by atoms with Crippen LogP contribution in [0.3, 0.4) is 0 Å². The topological polar surface area (TPSA) is 77.2 Å². The molecule has 8 heteroatoms. The molecule has 1 aliphatic carbocycles. The number of amides is 1. The quantitative estimate of drug-likeness (QED) is 0.771. The molecule has 3 N–H and O–H groups in total. The van der Waals surface area contributed by atoms with Gasteiger partial charge in [0.25, 0.3) is 0 Å². The lowest BCUT2D eigenvalue weighted by molar-refractivity contribution is -0.166. The standard InChI is InChI=1S/C19H24FN3O2S.ClH/c1-5-25-14-10-19(21,18(14,3)4)16(24)23-17-22-15(11(2)26-17)12-6-8-13(20)9-7-12;/h6-9,14H,5,10,21H2,1-4H3,(H,22,23,24);1H. The van der Waals surface area contributed by atoms with Crippen molar-refractivity contribution in [2.75, 3.05) is 11.9 Å². The first kappa shape index (κ1) is 21.8. The minimum atomic E-state index is -0.998. The second-order valence-corrected chi connectivity index (χ2v) is 8.43. The molecule has 0 radical (unpaired) electrons. The Morgan fingerprint density at radius 1 is 1.41 bits per heavy atom. The number of halogens is 2. The highest BCUT2D eigenvalue weighted by molar-refractivity contribution is 7.16. The number of aryl methyl sites for hydroxylation is 1. The second kappa shape index (κ2) is 7.83. The van der Waals surface area contributed by atoms with Crippen LogP contribution in [-0.4, -0.2) is 29.1 Å². The van der Waals surface area contributed by atoms with E-state index in [9.17, 15) is 9.18 Å². The van der Waals surface area contributed by atoms with Crippen LogP contribution >= 0.6 is 23.7 Å². The SMILES string of the molecule is CCOC1CC(N)(C(=O)Nc2nc(-c3ccc(F)cc3)c(C)s2)C1(C)C.Cl. The molecule has 5 nitrogen and oxygen atoms in total. The van der Waals surface area contributed by atoms with Crippen LogP contribution in [0, 0.1) is 18.2 Å². The summed E-state index contributed by atoms with van der Waals surface area (Å²) in [7, 11) is 0. The van der Waals surface area contributed by atoms with Gasteiger partial charge < -0.3 is 15.8 Å². The molecule has 1 saturated carbocycles. The monoisotopic (exact) mass is 413 g/mol. The zero-order valence-corrected chi connectivity index (χ0v) is 17.5. The molecule has 1 aliphatic rings. The largest absolute Gasteiger partial charge is 0.378 e. The van der Waals surface area contributed by atoms with Crippen LogP contribution in [0.2, 0.25) is 0 Å². The highest BCUT2D eigenvalue weighted by atomic mass is 35.5. The van der Waals surface area contributed by atoms with Crippen molar-refractivity contribution in [1.82, 2.24) is 4.98 Å². The van der Waals surface area contributed by atoms with Crippen LogP contribution in [0.15, 0.2) is 24.3 Å². The molecule has 1 heterocycles. The molecule has 0 saturated heterocycles. The van der Waals surface area contributed by atoms with Gasteiger partial charge in [-0.1, -0.05) is 13.8 Å². The van der Waals surface area contributed by atoms with E-state index in [0.29, 0.717) is 18.2 Å². The van der Waals surface area contributed by atoms with E-state index in [1.807, 2.05) is 27.7 Å². The molecule has 2 aromatic rings. The van der Waals surface area contributed by atoms with Crippen molar-refractivity contribution < 1.29 is 13.9 Å². The maximum absolute atomic E-state index is 13.1. The Labute approximate surface area is 168 Å². The Bertz CT molecular complexity index is 825. The molecule has 27 heavy (non-hydrogen) atoms. The van der Waals surface area contributed by atoms with E-state index in [0.717, 1.165) is 16.1 Å². The van der Waals surface area contributed by atoms with Crippen LogP contribution in [0.25, 0.3) is 11.3 Å². The van der Waals surface area contributed by atoms with Crippen molar-refractivity contribution in [2.45, 2.75) is 45.8 Å². The van der Waals surface area contributed by atoms with Gasteiger partial charge in [-0.15, -0.1) is 23.7 Å². The Morgan fingerprint density at radius 3 is 2.59 bits per heavy atom. The molecule has 0 spiro atoms. The molecule has 2 atom stereocenters. The van der Waals surface area contributed by atoms with Gasteiger partial charge in [0.1, 0.15) is 11.4 Å². The normalized spacial score (nSPS) is 23.3. The molecule has 1 aromatic carbocycles. The summed E-state index contributed by atoms with van der Waals surface area (Å²) in [6.07, 6.45) is 0.450. The molecule has 3 rings (SSSR count). The van der Waals surface area contributed by atoms with Crippen LogP contribution in [-0.2, 0) is 9.53 Å². The Hall–Kier alpha value is -1.54. The third-order valence-electron chi connectivity index (χ3n) is 5.37. The molecule has 1 amide bonds. The molecule has 2 unspecified atom stereocenters. The van der Waals surface area contributed by atoms with Gasteiger partial charge in [0.2, 0.25) is 5.91 Å². The van der Waals surface area contributed by atoms with E-state index in [-0.39, 0.29) is 30.2 Å². The fourth-order valence-corrected chi connectivity index (χ4v) is 4.19. The van der Waals surface area contributed by atoms with Gasteiger partial charge in [0, 0.05) is 28.9 Å². The van der Waals surface area contributed by atoms with E-state index in [1.54, 1.807) is 12.1 Å². The summed E-state index contributed by atoms with van der Waals surface area (Å²) in [5, 5.41) is 3.35. The maximum Gasteiger partial charge on any atom is 0.246 e. The van der Waals surface area contributed by atoms with Gasteiger partial charge in [0.15, 0.2) is 5.13 Å². The number of hydrogen-bond acceptors (Lipinski definition) is 5. The molecule has 1 fully saturated rings. The van der Waals surface area contributed by atoms with E-state index < -0.39 is 11.0 Å². The van der Waals surface area contributed by atoms with Crippen LogP contribution < -0.4 is 11.1 Å². The number of hydrogen-bond donors (Lipinski definition) is 2. The van der Waals surface area contributed by atoms with Crippen molar-refractivity contribution in [3.05, 3.63) is 35.0 Å². The number of nitrogens with one attached hydrogen (secondary N) is 1. The maximum atomic E-state index is 13.1. The van der Waals surface area contributed by atoms with Gasteiger partial charge in [0.05, 0.1) is 11.8 Å². The molecule has 1 aromatic heterocycles. The van der Waals surface area contributed by atoms with Crippen molar-refractivity contribution >= 4 is 34.8 Å². The minimum absolute atomic E-state index is 0. The summed E-state index contributed by atoms with van der Waals surface area (Å²) in [5.74, 6) is -0.547. The van der Waals surface area contributed by atoms with Crippen LogP contribution in [0.5, 0.6) is 0 Å². The number of carbonyl (C=O) groups excluding carboxylic acids is 1. The summed E-state index contributed by atoms with van der Waals surface area (Å²) in [6, 6.07) is 6.14. The number of benzene rings is 1. The van der Waals surface area contributed by atoms with E-state index >= 15 is 0 Å². The number of ether oxygens (including phenoxy) is 1. The number of rotatable bonds is 5. The third-order valence-corrected chi connectivity index (χ3v) is 6.26. The summed E-state index contributed by atoms with van der Waals surface area (Å²) in [5.41, 5.74) is 6.49. The highest BCUT2D eigenvalue weighted by Crippen LogP contribution is 2.50. The fourth-order valence-electron chi connectivity index (χ4n) is 3.35. The van der Waals surface area contributed by atoms with Gasteiger partial charge in [-0.2, -0.15) is 0 Å². The number of aromatic nitrogens is 1. The van der Waals surface area contributed by atoms with E-state index in [4.69, 9.17) is 10.5 Å². The lowest BCUT2D eigenvalue weighted by Crippen LogP contribution is -2.74. The van der Waals surface area contributed by atoms with Crippen molar-refractivity contribution in [3.8, 4) is 11.3 Å². The van der Waals surface area contributed by atoms with Gasteiger partial charge in [-0.25, -0.2) is 9.37 Å². The lowest BCUT2D eigenvalue weighted by atomic mass is 9.54. The highest BCUT2D eigenvalue weighted by Gasteiger charge is 2.63. The zero-order valence-electron chi connectivity index (χ0n) is 15.8. The lowest BCUT2D eigenvalue weighted by Gasteiger charge is -2.57. The smallest absolute Gasteiger partial charge is 0.246 e. The van der Waals surface area contributed by atoms with Crippen molar-refractivity contribution in [1.29, 1.82) is 0 Å².